The van der Waals surface area contributed by atoms with Crippen LogP contribution in [0.5, 0.6) is 0 Å². The molecule has 1 aliphatic rings. The highest BCUT2D eigenvalue weighted by molar-refractivity contribution is 6.18. The highest BCUT2D eigenvalue weighted by Gasteiger charge is 2.22. The van der Waals surface area contributed by atoms with Gasteiger partial charge in [-0.05, 0) is 89.3 Å². The van der Waals surface area contributed by atoms with E-state index < -0.39 is 0 Å². The number of hydrogen-bond acceptors (Lipinski definition) is 3. The number of rotatable bonds is 8. The van der Waals surface area contributed by atoms with Gasteiger partial charge in [0.2, 0.25) is 0 Å². The number of nitrogens with zero attached hydrogens (tertiary/aromatic N) is 3. The van der Waals surface area contributed by atoms with E-state index in [-0.39, 0.29) is 0 Å². The van der Waals surface area contributed by atoms with Crippen LogP contribution in [0.15, 0.2) is 201 Å². The molecule has 10 rings (SSSR count). The maximum atomic E-state index is 4.88. The Morgan fingerprint density at radius 2 is 0.911 bits per heavy atom. The van der Waals surface area contributed by atoms with Crippen molar-refractivity contribution < 1.29 is 0 Å². The molecule has 0 saturated heterocycles. The van der Waals surface area contributed by atoms with Gasteiger partial charge in [0.25, 0.3) is 0 Å². The first-order valence-corrected chi connectivity index (χ1v) is 18.8. The predicted octanol–water partition coefficient (Wildman–Crippen LogP) is 13.9. The fourth-order valence-corrected chi connectivity index (χ4v) is 8.03. The summed E-state index contributed by atoms with van der Waals surface area (Å²) in [6, 6.07) is 60.8. The highest BCUT2D eigenvalue weighted by Crippen LogP contribution is 2.49. The molecule has 1 aliphatic carbocycles. The minimum atomic E-state index is 0.556. The molecule has 56 heavy (non-hydrogen) atoms. The van der Waals surface area contributed by atoms with Crippen molar-refractivity contribution in [1.29, 1.82) is 0 Å². The smallest absolute Gasteiger partial charge is 0.164 e. The lowest BCUT2D eigenvalue weighted by molar-refractivity contribution is 1.04. The number of allylic oxidation sites excluding steroid dienone is 4. The van der Waals surface area contributed by atoms with Crippen LogP contribution in [-0.4, -0.2) is 15.0 Å². The lowest BCUT2D eigenvalue weighted by Gasteiger charge is -2.11. The van der Waals surface area contributed by atoms with Gasteiger partial charge in [-0.1, -0.05) is 189 Å². The molecule has 3 nitrogen and oxygen atoms in total. The average Bonchev–Trinajstić information content (AvgIpc) is 3.60. The summed E-state index contributed by atoms with van der Waals surface area (Å²) in [7, 11) is 0. The molecule has 0 radical (unpaired) electrons. The van der Waals surface area contributed by atoms with E-state index in [0.717, 1.165) is 27.8 Å². The van der Waals surface area contributed by atoms with Gasteiger partial charge in [0.05, 0.1) is 0 Å². The fourth-order valence-electron chi connectivity index (χ4n) is 8.03. The first-order valence-electron chi connectivity index (χ1n) is 18.8. The molecule has 3 heteroatoms. The van der Waals surface area contributed by atoms with Crippen LogP contribution < -0.4 is 0 Å². The number of aromatic nitrogens is 3. The van der Waals surface area contributed by atoms with Crippen LogP contribution in [0.4, 0.5) is 0 Å². The third-order valence-corrected chi connectivity index (χ3v) is 10.8. The first kappa shape index (κ1) is 33.1. The van der Waals surface area contributed by atoms with Crippen molar-refractivity contribution in [1.82, 2.24) is 15.0 Å². The van der Waals surface area contributed by atoms with Gasteiger partial charge in [0.15, 0.2) is 17.5 Å². The standard InChI is InChI=1S/C53H35N3/c1-3-11-34(4-2)51-54-52(39-12-6-5-7-13-39)56-53(55-51)40-26-20-36(21-27-40)42-29-23-37-22-28-41(32-43(37)33-42)35-18-24-38(25-19-35)44-30-31-49-46-15-9-8-14-45(46)48-17-10-16-47(44)50(48)49/h3-33H,1-2H2/b34-11+. The lowest BCUT2D eigenvalue weighted by Crippen LogP contribution is -2.02. The number of hydrogen-bond donors (Lipinski definition) is 0. The molecule has 9 aromatic rings. The summed E-state index contributed by atoms with van der Waals surface area (Å²) in [5, 5.41) is 5.05. The highest BCUT2D eigenvalue weighted by atomic mass is 15.0. The van der Waals surface area contributed by atoms with E-state index in [0.29, 0.717) is 17.5 Å². The third kappa shape index (κ3) is 5.74. The van der Waals surface area contributed by atoms with Gasteiger partial charge < -0.3 is 0 Å². The Hall–Kier alpha value is -7.49. The molecule has 0 spiro atoms. The molecule has 1 heterocycles. The first-order chi connectivity index (χ1) is 27.6. The van der Waals surface area contributed by atoms with E-state index in [1.54, 1.807) is 12.2 Å². The Morgan fingerprint density at radius 1 is 0.393 bits per heavy atom. The topological polar surface area (TPSA) is 38.7 Å². The Kier molecular flexibility index (Phi) is 8.12. The Balaban J connectivity index is 0.947. The molecule has 0 atom stereocenters. The van der Waals surface area contributed by atoms with Crippen molar-refractivity contribution in [3.8, 4) is 78.4 Å². The van der Waals surface area contributed by atoms with Crippen molar-refractivity contribution in [3.63, 3.8) is 0 Å². The van der Waals surface area contributed by atoms with Gasteiger partial charge in [-0.2, -0.15) is 0 Å². The Bertz CT molecular complexity index is 3000. The molecule has 1 aromatic heterocycles. The molecule has 262 valence electrons. The lowest BCUT2D eigenvalue weighted by atomic mass is 9.93. The zero-order chi connectivity index (χ0) is 37.6. The summed E-state index contributed by atoms with van der Waals surface area (Å²) in [5.74, 6) is 1.77. The molecule has 0 saturated carbocycles. The molecule has 0 N–H and O–H groups in total. The second kappa shape index (κ2) is 13.7. The van der Waals surface area contributed by atoms with Crippen molar-refractivity contribution in [2.24, 2.45) is 0 Å². The van der Waals surface area contributed by atoms with E-state index >= 15 is 0 Å². The van der Waals surface area contributed by atoms with Crippen molar-refractivity contribution >= 4 is 27.1 Å². The van der Waals surface area contributed by atoms with Crippen LogP contribution in [0.1, 0.15) is 5.82 Å². The summed E-state index contributed by atoms with van der Waals surface area (Å²) >= 11 is 0. The van der Waals surface area contributed by atoms with Crippen molar-refractivity contribution in [3.05, 3.63) is 207 Å². The van der Waals surface area contributed by atoms with Crippen molar-refractivity contribution in [2.45, 2.75) is 0 Å². The van der Waals surface area contributed by atoms with Crippen molar-refractivity contribution in [2.75, 3.05) is 0 Å². The van der Waals surface area contributed by atoms with E-state index in [1.807, 2.05) is 36.4 Å². The third-order valence-electron chi connectivity index (χ3n) is 10.8. The number of benzene rings is 8. The summed E-state index contributed by atoms with van der Waals surface area (Å²) in [5.41, 5.74) is 15.0. The van der Waals surface area contributed by atoms with Crippen LogP contribution in [0.25, 0.3) is 106 Å². The van der Waals surface area contributed by atoms with Gasteiger partial charge >= 0.3 is 0 Å². The summed E-state index contributed by atoms with van der Waals surface area (Å²) < 4.78 is 0. The summed E-state index contributed by atoms with van der Waals surface area (Å²) in [6.07, 6.45) is 5.32. The maximum absolute atomic E-state index is 4.88. The van der Waals surface area contributed by atoms with E-state index in [9.17, 15) is 0 Å². The Morgan fingerprint density at radius 3 is 1.54 bits per heavy atom. The van der Waals surface area contributed by atoms with Gasteiger partial charge in [0.1, 0.15) is 0 Å². The van der Waals surface area contributed by atoms with Gasteiger partial charge in [0, 0.05) is 16.7 Å². The van der Waals surface area contributed by atoms with Crippen LogP contribution in [-0.2, 0) is 0 Å². The minimum Gasteiger partial charge on any atom is -0.208 e. The quantitative estimate of drug-likeness (QED) is 0.147. The van der Waals surface area contributed by atoms with Gasteiger partial charge in [-0.25, -0.2) is 15.0 Å². The summed E-state index contributed by atoms with van der Waals surface area (Å²) in [6.45, 7) is 7.82. The van der Waals surface area contributed by atoms with Crippen LogP contribution in [0, 0.1) is 0 Å². The van der Waals surface area contributed by atoms with Crippen LogP contribution >= 0.6 is 0 Å². The van der Waals surface area contributed by atoms with Crippen LogP contribution in [0.3, 0.4) is 0 Å². The molecule has 8 aromatic carbocycles. The zero-order valence-corrected chi connectivity index (χ0v) is 30.7. The largest absolute Gasteiger partial charge is 0.208 e. The van der Waals surface area contributed by atoms with E-state index in [4.69, 9.17) is 15.0 Å². The second-order valence-electron chi connectivity index (χ2n) is 14.1. The SMILES string of the molecule is C=C/C=C(\C=C)c1nc(-c2ccccc2)nc(-c2ccc(-c3ccc4ccc(-c5ccc(-c6ccc7c8c(cccc68)-c6ccccc6-7)cc5)cc4c3)cc2)n1. The molecule has 0 fully saturated rings. The van der Waals surface area contributed by atoms with Crippen LogP contribution in [0.2, 0.25) is 0 Å². The normalized spacial score (nSPS) is 11.8. The zero-order valence-electron chi connectivity index (χ0n) is 30.7. The molecule has 0 unspecified atom stereocenters. The maximum Gasteiger partial charge on any atom is 0.164 e. The fraction of sp³-hybridized carbons (Fsp3) is 0. The second-order valence-corrected chi connectivity index (χ2v) is 14.1. The molecule has 0 aliphatic heterocycles. The van der Waals surface area contributed by atoms with Gasteiger partial charge in [-0.3, -0.25) is 0 Å². The van der Waals surface area contributed by atoms with Gasteiger partial charge in [-0.15, -0.1) is 0 Å². The average molecular weight is 714 g/mol. The molecular formula is C53H35N3. The number of fused-ring (bicyclic) bond motifs is 4. The summed E-state index contributed by atoms with van der Waals surface area (Å²) in [4.78, 5) is 14.5. The molecule has 0 bridgehead atoms. The van der Waals surface area contributed by atoms with E-state index in [2.05, 4.69) is 153 Å². The predicted molar refractivity (Wildman–Crippen MR) is 235 cm³/mol. The van der Waals surface area contributed by atoms with E-state index in [1.165, 1.54) is 66.1 Å². The molecule has 0 amide bonds. The monoisotopic (exact) mass is 713 g/mol. The minimum absolute atomic E-state index is 0.556. The molecular weight excluding hydrogens is 679 g/mol. The Labute approximate surface area is 326 Å².